The maximum atomic E-state index is 11.8. The van der Waals surface area contributed by atoms with Crippen molar-refractivity contribution in [3.63, 3.8) is 0 Å². The molecule has 0 radical (unpaired) electrons. The Kier molecular flexibility index (Phi) is 4.54. The minimum absolute atomic E-state index is 0.465. The lowest BCUT2D eigenvalue weighted by Crippen LogP contribution is -2.49. The number of carboxylic acid groups (broad SMARTS) is 1. The van der Waals surface area contributed by atoms with Crippen LogP contribution in [-0.2, 0) is 4.79 Å². The van der Waals surface area contributed by atoms with Crippen molar-refractivity contribution in [3.05, 3.63) is 0 Å². The van der Waals surface area contributed by atoms with E-state index in [4.69, 9.17) is 0 Å². The summed E-state index contributed by atoms with van der Waals surface area (Å²) >= 11 is 0. The smallest absolute Gasteiger partial charge is 0.310 e. The van der Waals surface area contributed by atoms with Gasteiger partial charge in [0.2, 0.25) is 0 Å². The fourth-order valence-corrected chi connectivity index (χ4v) is 3.68. The molecule has 1 saturated carbocycles. The van der Waals surface area contributed by atoms with Crippen LogP contribution in [0.2, 0.25) is 0 Å². The first-order valence-corrected chi connectivity index (χ1v) is 7.89. The summed E-state index contributed by atoms with van der Waals surface area (Å²) in [5.74, 6) is 1.61. The molecule has 1 saturated heterocycles. The molecule has 2 unspecified atom stereocenters. The minimum atomic E-state index is -0.564. The molecule has 0 aromatic carbocycles. The summed E-state index contributed by atoms with van der Waals surface area (Å²) in [4.78, 5) is 14.2. The molecule has 1 aliphatic carbocycles. The van der Waals surface area contributed by atoms with Crippen LogP contribution in [0.5, 0.6) is 0 Å². The van der Waals surface area contributed by atoms with Gasteiger partial charge < -0.3 is 10.0 Å². The van der Waals surface area contributed by atoms with Gasteiger partial charge in [-0.05, 0) is 56.4 Å². The number of rotatable bonds is 3. The highest BCUT2D eigenvalue weighted by molar-refractivity contribution is 5.75. The average Bonchev–Trinajstić information content (AvgIpc) is 2.37. The summed E-state index contributed by atoms with van der Waals surface area (Å²) in [6, 6.07) is 0. The van der Waals surface area contributed by atoms with Gasteiger partial charge in [-0.15, -0.1) is 0 Å². The SMILES string of the molecule is CC1CCC(CN2CCC(C)C(C)C2)(C(=O)O)CC1. The van der Waals surface area contributed by atoms with Crippen LogP contribution in [-0.4, -0.2) is 35.6 Å². The van der Waals surface area contributed by atoms with Crippen molar-refractivity contribution in [1.29, 1.82) is 0 Å². The van der Waals surface area contributed by atoms with Crippen LogP contribution in [0.4, 0.5) is 0 Å². The van der Waals surface area contributed by atoms with Gasteiger partial charge in [0.15, 0.2) is 0 Å². The van der Waals surface area contributed by atoms with Gasteiger partial charge in [-0.3, -0.25) is 4.79 Å². The molecule has 2 aliphatic rings. The minimum Gasteiger partial charge on any atom is -0.481 e. The maximum absolute atomic E-state index is 11.8. The van der Waals surface area contributed by atoms with Crippen LogP contribution in [0.15, 0.2) is 0 Å². The fraction of sp³-hybridized carbons (Fsp3) is 0.938. The highest BCUT2D eigenvalue weighted by Gasteiger charge is 2.43. The Hall–Kier alpha value is -0.570. The Bertz CT molecular complexity index is 321. The molecule has 0 bridgehead atoms. The number of nitrogens with zero attached hydrogens (tertiary/aromatic N) is 1. The van der Waals surface area contributed by atoms with E-state index in [2.05, 4.69) is 25.7 Å². The van der Waals surface area contributed by atoms with Gasteiger partial charge >= 0.3 is 5.97 Å². The summed E-state index contributed by atoms with van der Waals surface area (Å²) in [5, 5.41) is 9.70. The number of likely N-dealkylation sites (tertiary alicyclic amines) is 1. The van der Waals surface area contributed by atoms with Crippen molar-refractivity contribution in [2.24, 2.45) is 23.2 Å². The van der Waals surface area contributed by atoms with Gasteiger partial charge in [-0.2, -0.15) is 0 Å². The van der Waals surface area contributed by atoms with Crippen molar-refractivity contribution >= 4 is 5.97 Å². The van der Waals surface area contributed by atoms with Crippen LogP contribution in [0, 0.1) is 23.2 Å². The monoisotopic (exact) mass is 267 g/mol. The van der Waals surface area contributed by atoms with E-state index in [1.165, 1.54) is 6.42 Å². The first kappa shape index (κ1) is 14.8. The van der Waals surface area contributed by atoms with E-state index in [0.29, 0.717) is 11.8 Å². The molecule has 1 heterocycles. The van der Waals surface area contributed by atoms with Crippen LogP contribution in [0.3, 0.4) is 0 Å². The molecular weight excluding hydrogens is 238 g/mol. The number of hydrogen-bond acceptors (Lipinski definition) is 2. The second-order valence-corrected chi connectivity index (χ2v) is 7.25. The van der Waals surface area contributed by atoms with E-state index in [-0.39, 0.29) is 0 Å². The van der Waals surface area contributed by atoms with Crippen molar-refractivity contribution in [1.82, 2.24) is 4.90 Å². The standard InChI is InChI=1S/C16H29NO2/c1-12-4-7-16(8-5-12,15(18)19)11-17-9-6-13(2)14(3)10-17/h12-14H,4-11H2,1-3H3,(H,18,19). The second kappa shape index (κ2) is 5.82. The van der Waals surface area contributed by atoms with Gasteiger partial charge in [0.1, 0.15) is 0 Å². The van der Waals surface area contributed by atoms with Gasteiger partial charge in [0, 0.05) is 13.1 Å². The average molecular weight is 267 g/mol. The molecule has 3 nitrogen and oxygen atoms in total. The summed E-state index contributed by atoms with van der Waals surface area (Å²) in [6.07, 6.45) is 5.10. The lowest BCUT2D eigenvalue weighted by molar-refractivity contribution is -0.153. The molecule has 0 aromatic rings. The fourth-order valence-electron chi connectivity index (χ4n) is 3.68. The molecule has 1 aliphatic heterocycles. The normalized spacial score (nSPS) is 41.1. The number of hydrogen-bond donors (Lipinski definition) is 1. The van der Waals surface area contributed by atoms with E-state index in [9.17, 15) is 9.90 Å². The third kappa shape index (κ3) is 3.31. The molecule has 1 N–H and O–H groups in total. The van der Waals surface area contributed by atoms with Gasteiger partial charge in [-0.25, -0.2) is 0 Å². The zero-order valence-corrected chi connectivity index (χ0v) is 12.7. The summed E-state index contributed by atoms with van der Waals surface area (Å²) in [7, 11) is 0. The number of carboxylic acids is 1. The number of aliphatic carboxylic acids is 1. The highest BCUT2D eigenvalue weighted by atomic mass is 16.4. The van der Waals surface area contributed by atoms with E-state index < -0.39 is 11.4 Å². The first-order chi connectivity index (χ1) is 8.93. The van der Waals surface area contributed by atoms with Gasteiger partial charge in [-0.1, -0.05) is 20.8 Å². The number of piperidine rings is 1. The third-order valence-electron chi connectivity index (χ3n) is 5.63. The zero-order chi connectivity index (χ0) is 14.0. The largest absolute Gasteiger partial charge is 0.481 e. The van der Waals surface area contributed by atoms with E-state index in [1.807, 2.05) is 0 Å². The van der Waals surface area contributed by atoms with E-state index >= 15 is 0 Å². The van der Waals surface area contributed by atoms with E-state index in [0.717, 1.165) is 51.2 Å². The Morgan fingerprint density at radius 3 is 2.32 bits per heavy atom. The predicted octanol–water partition coefficient (Wildman–Crippen LogP) is 3.25. The van der Waals surface area contributed by atoms with Crippen molar-refractivity contribution in [3.8, 4) is 0 Å². The van der Waals surface area contributed by atoms with Crippen LogP contribution in [0.25, 0.3) is 0 Å². The van der Waals surface area contributed by atoms with Crippen LogP contribution >= 0.6 is 0 Å². The number of carbonyl (C=O) groups is 1. The highest BCUT2D eigenvalue weighted by Crippen LogP contribution is 2.40. The molecule has 0 amide bonds. The molecule has 0 aromatic heterocycles. The summed E-state index contributed by atoms with van der Waals surface area (Å²) in [6.45, 7) is 9.79. The van der Waals surface area contributed by atoms with E-state index in [1.54, 1.807) is 0 Å². The molecule has 2 fully saturated rings. The Balaban J connectivity index is 1.99. The summed E-state index contributed by atoms with van der Waals surface area (Å²) in [5.41, 5.74) is -0.465. The molecule has 2 atom stereocenters. The quantitative estimate of drug-likeness (QED) is 0.853. The Labute approximate surface area is 117 Å². The second-order valence-electron chi connectivity index (χ2n) is 7.25. The first-order valence-electron chi connectivity index (χ1n) is 7.89. The van der Waals surface area contributed by atoms with Crippen LogP contribution < -0.4 is 0 Å². The molecule has 3 heteroatoms. The molecule has 0 spiro atoms. The third-order valence-corrected chi connectivity index (χ3v) is 5.63. The lowest BCUT2D eigenvalue weighted by atomic mass is 9.70. The van der Waals surface area contributed by atoms with Gasteiger partial charge in [0.25, 0.3) is 0 Å². The molecule has 110 valence electrons. The van der Waals surface area contributed by atoms with Crippen molar-refractivity contribution in [2.75, 3.05) is 19.6 Å². The van der Waals surface area contributed by atoms with Crippen molar-refractivity contribution in [2.45, 2.75) is 52.9 Å². The molecule has 19 heavy (non-hydrogen) atoms. The summed E-state index contributed by atoms with van der Waals surface area (Å²) < 4.78 is 0. The van der Waals surface area contributed by atoms with Crippen LogP contribution in [0.1, 0.15) is 52.9 Å². The Morgan fingerprint density at radius 1 is 1.16 bits per heavy atom. The molecule has 2 rings (SSSR count). The maximum Gasteiger partial charge on any atom is 0.310 e. The predicted molar refractivity (Wildman–Crippen MR) is 77.1 cm³/mol. The molecular formula is C16H29NO2. The topological polar surface area (TPSA) is 40.5 Å². The lowest BCUT2D eigenvalue weighted by Gasteiger charge is -2.43. The Morgan fingerprint density at radius 2 is 1.79 bits per heavy atom. The zero-order valence-electron chi connectivity index (χ0n) is 12.7. The van der Waals surface area contributed by atoms with Crippen molar-refractivity contribution < 1.29 is 9.90 Å². The van der Waals surface area contributed by atoms with Gasteiger partial charge in [0.05, 0.1) is 5.41 Å².